The van der Waals surface area contributed by atoms with Gasteiger partial charge in [-0.25, -0.2) is 0 Å². The minimum Gasteiger partial charge on any atom is -0.371 e. The number of hydrogen-bond donors (Lipinski definition) is 2. The first-order valence-corrected chi connectivity index (χ1v) is 5.68. The van der Waals surface area contributed by atoms with Gasteiger partial charge in [-0.15, -0.1) is 0 Å². The van der Waals surface area contributed by atoms with Gasteiger partial charge in [0.05, 0.1) is 0 Å². The van der Waals surface area contributed by atoms with E-state index < -0.39 is 15.6 Å². The van der Waals surface area contributed by atoms with Crippen molar-refractivity contribution in [1.29, 1.82) is 0 Å². The lowest BCUT2D eigenvalue weighted by atomic mass is 10.2. The number of rotatable bonds is 2. The molecule has 0 fully saturated rings. The first-order chi connectivity index (χ1) is 6.34. The minimum absolute atomic E-state index is 0.0253. The number of halogens is 2. The Labute approximate surface area is 90.8 Å². The van der Waals surface area contributed by atoms with Crippen molar-refractivity contribution in [2.24, 2.45) is 0 Å². The van der Waals surface area contributed by atoms with Crippen molar-refractivity contribution < 1.29 is 18.1 Å². The predicted molar refractivity (Wildman–Crippen MR) is 53.0 cm³/mol. The van der Waals surface area contributed by atoms with E-state index in [1.54, 1.807) is 0 Å². The molecular weight excluding hydrogens is 251 g/mol. The van der Waals surface area contributed by atoms with Gasteiger partial charge in [0.15, 0.2) is 0 Å². The van der Waals surface area contributed by atoms with Crippen LogP contribution < -0.4 is 0 Å². The Morgan fingerprint density at radius 3 is 2.00 bits per heavy atom. The lowest BCUT2D eigenvalue weighted by molar-refractivity contribution is 0.238. The van der Waals surface area contributed by atoms with Gasteiger partial charge in [0.2, 0.25) is 5.44 Å². The fourth-order valence-electron chi connectivity index (χ4n) is 0.896. The average molecular weight is 257 g/mol. The van der Waals surface area contributed by atoms with Crippen molar-refractivity contribution in [1.82, 2.24) is 0 Å². The van der Waals surface area contributed by atoms with Crippen molar-refractivity contribution in [3.05, 3.63) is 33.8 Å². The molecule has 0 amide bonds. The second-order valence-electron chi connectivity index (χ2n) is 2.50. The van der Waals surface area contributed by atoms with Gasteiger partial charge in [0, 0.05) is 15.6 Å². The zero-order chi connectivity index (χ0) is 10.9. The second-order valence-corrected chi connectivity index (χ2v) is 4.79. The summed E-state index contributed by atoms with van der Waals surface area (Å²) in [5.74, 6) is 0. The van der Waals surface area contributed by atoms with Crippen LogP contribution in [-0.4, -0.2) is 18.1 Å². The van der Waals surface area contributed by atoms with Gasteiger partial charge in [0.25, 0.3) is 10.1 Å². The van der Waals surface area contributed by atoms with Crippen LogP contribution in [-0.2, 0) is 10.1 Å². The Hall–Kier alpha value is -0.330. The molecule has 0 bridgehead atoms. The SMILES string of the molecule is O=S(=O)(O)C(O)c1c(Cl)cccc1Cl. The van der Waals surface area contributed by atoms with E-state index in [0.717, 1.165) is 0 Å². The van der Waals surface area contributed by atoms with Crippen LogP contribution in [0.25, 0.3) is 0 Å². The maximum Gasteiger partial charge on any atom is 0.296 e. The van der Waals surface area contributed by atoms with Crippen molar-refractivity contribution in [2.75, 3.05) is 0 Å². The highest BCUT2D eigenvalue weighted by Gasteiger charge is 2.26. The molecule has 14 heavy (non-hydrogen) atoms. The summed E-state index contributed by atoms with van der Waals surface area (Å²) >= 11 is 11.2. The fraction of sp³-hybridized carbons (Fsp3) is 0.143. The molecule has 7 heteroatoms. The smallest absolute Gasteiger partial charge is 0.296 e. The topological polar surface area (TPSA) is 74.6 Å². The van der Waals surface area contributed by atoms with E-state index >= 15 is 0 Å². The minimum atomic E-state index is -4.61. The van der Waals surface area contributed by atoms with Crippen LogP contribution in [0.4, 0.5) is 0 Å². The lowest BCUT2D eigenvalue weighted by Crippen LogP contribution is -2.12. The molecule has 1 aromatic carbocycles. The van der Waals surface area contributed by atoms with E-state index in [4.69, 9.17) is 27.8 Å². The summed E-state index contributed by atoms with van der Waals surface area (Å²) in [5, 5.41) is 9.16. The van der Waals surface area contributed by atoms with Gasteiger partial charge in [-0.3, -0.25) is 4.55 Å². The maximum absolute atomic E-state index is 10.6. The third-order valence-electron chi connectivity index (χ3n) is 1.53. The molecule has 0 saturated carbocycles. The van der Waals surface area contributed by atoms with E-state index in [2.05, 4.69) is 0 Å². The van der Waals surface area contributed by atoms with Gasteiger partial charge < -0.3 is 5.11 Å². The Balaban J connectivity index is 3.33. The Morgan fingerprint density at radius 1 is 1.21 bits per heavy atom. The summed E-state index contributed by atoms with van der Waals surface area (Å²) in [6.07, 6.45) is 0. The molecule has 0 spiro atoms. The molecule has 0 aliphatic carbocycles. The quantitative estimate of drug-likeness (QED) is 0.793. The summed E-state index contributed by atoms with van der Waals surface area (Å²) < 4.78 is 29.8. The van der Waals surface area contributed by atoms with E-state index in [0.29, 0.717) is 0 Å². The second kappa shape index (κ2) is 4.04. The third-order valence-corrected chi connectivity index (χ3v) is 2.99. The molecule has 0 heterocycles. The largest absolute Gasteiger partial charge is 0.371 e. The summed E-state index contributed by atoms with van der Waals surface area (Å²) in [7, 11) is -4.61. The molecular formula is C7H6Cl2O4S. The zero-order valence-electron chi connectivity index (χ0n) is 6.68. The predicted octanol–water partition coefficient (Wildman–Crippen LogP) is 1.87. The number of aliphatic hydroxyl groups is 1. The van der Waals surface area contributed by atoms with Crippen molar-refractivity contribution in [2.45, 2.75) is 5.44 Å². The molecule has 0 aliphatic heterocycles. The van der Waals surface area contributed by atoms with Crippen LogP contribution in [0.2, 0.25) is 10.0 Å². The molecule has 0 radical (unpaired) electrons. The molecule has 1 unspecified atom stereocenters. The molecule has 78 valence electrons. The average Bonchev–Trinajstić information content (AvgIpc) is 2.01. The van der Waals surface area contributed by atoms with Crippen LogP contribution in [0.3, 0.4) is 0 Å². The van der Waals surface area contributed by atoms with E-state index in [9.17, 15) is 13.5 Å². The number of aliphatic hydroxyl groups excluding tert-OH is 1. The summed E-state index contributed by atoms with van der Waals surface area (Å²) in [6.45, 7) is 0. The molecule has 1 rings (SSSR count). The van der Waals surface area contributed by atoms with Crippen molar-refractivity contribution >= 4 is 33.3 Å². The van der Waals surface area contributed by atoms with Crippen LogP contribution in [0.5, 0.6) is 0 Å². The van der Waals surface area contributed by atoms with E-state index in [1.165, 1.54) is 18.2 Å². The summed E-state index contributed by atoms with van der Waals surface area (Å²) in [4.78, 5) is 0. The molecule has 2 N–H and O–H groups in total. The fourth-order valence-corrected chi connectivity index (χ4v) is 2.18. The summed E-state index contributed by atoms with van der Waals surface area (Å²) in [6, 6.07) is 4.21. The molecule has 1 atom stereocenters. The van der Waals surface area contributed by atoms with Gasteiger partial charge in [0.1, 0.15) is 0 Å². The lowest BCUT2D eigenvalue weighted by Gasteiger charge is -2.10. The number of hydrogen-bond acceptors (Lipinski definition) is 3. The van der Waals surface area contributed by atoms with Crippen LogP contribution in [0, 0.1) is 0 Å². The Bertz CT molecular complexity index is 423. The van der Waals surface area contributed by atoms with Crippen LogP contribution in [0.1, 0.15) is 11.0 Å². The third kappa shape index (κ3) is 2.37. The molecule has 4 nitrogen and oxygen atoms in total. The van der Waals surface area contributed by atoms with Crippen molar-refractivity contribution in [3.63, 3.8) is 0 Å². The Kier molecular flexibility index (Phi) is 3.39. The highest BCUT2D eigenvalue weighted by Crippen LogP contribution is 2.32. The highest BCUT2D eigenvalue weighted by atomic mass is 35.5. The monoisotopic (exact) mass is 256 g/mol. The number of benzene rings is 1. The van der Waals surface area contributed by atoms with E-state index in [-0.39, 0.29) is 15.6 Å². The van der Waals surface area contributed by atoms with Crippen LogP contribution in [0.15, 0.2) is 18.2 Å². The van der Waals surface area contributed by atoms with Gasteiger partial charge in [-0.2, -0.15) is 8.42 Å². The summed E-state index contributed by atoms with van der Waals surface area (Å²) in [5.41, 5.74) is -2.35. The zero-order valence-corrected chi connectivity index (χ0v) is 9.01. The molecule has 0 aliphatic rings. The molecule has 0 saturated heterocycles. The molecule has 1 aromatic rings. The van der Waals surface area contributed by atoms with Crippen LogP contribution >= 0.6 is 23.2 Å². The standard InChI is InChI=1S/C7H6Cl2O4S/c8-4-2-1-3-5(9)6(4)7(10)14(11,12)13/h1-3,7,10H,(H,11,12,13). The first kappa shape index (κ1) is 11.7. The molecule has 0 aromatic heterocycles. The normalized spacial score (nSPS) is 14.0. The van der Waals surface area contributed by atoms with Gasteiger partial charge in [-0.05, 0) is 12.1 Å². The first-order valence-electron chi connectivity index (χ1n) is 3.42. The highest BCUT2D eigenvalue weighted by molar-refractivity contribution is 7.85. The van der Waals surface area contributed by atoms with Gasteiger partial charge >= 0.3 is 0 Å². The van der Waals surface area contributed by atoms with Gasteiger partial charge in [-0.1, -0.05) is 29.3 Å². The van der Waals surface area contributed by atoms with Crippen molar-refractivity contribution in [3.8, 4) is 0 Å². The maximum atomic E-state index is 10.6. The van der Waals surface area contributed by atoms with E-state index in [1.807, 2.05) is 0 Å². The Morgan fingerprint density at radius 2 is 1.64 bits per heavy atom.